The van der Waals surface area contributed by atoms with Gasteiger partial charge >= 0.3 is 0 Å². The molecule has 1 N–H and O–H groups in total. The number of thioether (sulfide) groups is 1. The van der Waals surface area contributed by atoms with Crippen LogP contribution >= 0.6 is 11.8 Å². The van der Waals surface area contributed by atoms with E-state index in [9.17, 15) is 0 Å². The van der Waals surface area contributed by atoms with E-state index in [-0.39, 0.29) is 6.04 Å². The van der Waals surface area contributed by atoms with Crippen molar-refractivity contribution in [2.45, 2.75) is 30.3 Å². The van der Waals surface area contributed by atoms with Crippen LogP contribution in [0.5, 0.6) is 5.75 Å². The van der Waals surface area contributed by atoms with Crippen molar-refractivity contribution in [1.82, 2.24) is 5.32 Å². The zero-order chi connectivity index (χ0) is 14.7. The van der Waals surface area contributed by atoms with Crippen molar-refractivity contribution in [1.29, 1.82) is 0 Å². The van der Waals surface area contributed by atoms with Crippen LogP contribution < -0.4 is 10.1 Å². The van der Waals surface area contributed by atoms with Crippen molar-refractivity contribution in [2.24, 2.45) is 0 Å². The molecule has 1 aliphatic rings. The molecule has 0 spiro atoms. The Labute approximate surface area is 130 Å². The zero-order valence-electron chi connectivity index (χ0n) is 12.5. The molecule has 3 heteroatoms. The minimum Gasteiger partial charge on any atom is -0.496 e. The first kappa shape index (κ1) is 14.5. The first-order chi connectivity index (χ1) is 10.3. The fraction of sp³-hybridized carbons (Fsp3) is 0.333. The van der Waals surface area contributed by atoms with Crippen LogP contribution in [0.3, 0.4) is 0 Å². The van der Waals surface area contributed by atoms with E-state index >= 15 is 0 Å². The van der Waals surface area contributed by atoms with Gasteiger partial charge in [-0.3, -0.25) is 0 Å². The summed E-state index contributed by atoms with van der Waals surface area (Å²) in [4.78, 5) is 1.41. The lowest BCUT2D eigenvalue weighted by Gasteiger charge is -2.29. The molecule has 110 valence electrons. The van der Waals surface area contributed by atoms with Gasteiger partial charge in [-0.1, -0.05) is 36.4 Å². The predicted molar refractivity (Wildman–Crippen MR) is 89.1 cm³/mol. The standard InChI is InChI=1S/C18H21NOS/c1-13(14-7-3-5-9-17(14)20-2)19-16-11-12-21-18-10-6-4-8-15(16)18/h3-10,13,16,19H,11-12H2,1-2H3. The second-order valence-corrected chi connectivity index (χ2v) is 6.49. The molecule has 1 aliphatic heterocycles. The van der Waals surface area contributed by atoms with Crippen LogP contribution in [0.4, 0.5) is 0 Å². The number of rotatable bonds is 4. The van der Waals surface area contributed by atoms with Crippen LogP contribution in [0.25, 0.3) is 0 Å². The molecule has 0 radical (unpaired) electrons. The van der Waals surface area contributed by atoms with Gasteiger partial charge in [0, 0.05) is 22.5 Å². The highest BCUT2D eigenvalue weighted by Crippen LogP contribution is 2.37. The Hall–Kier alpha value is -1.45. The summed E-state index contributed by atoms with van der Waals surface area (Å²) < 4.78 is 5.48. The number of hydrogen-bond donors (Lipinski definition) is 1. The summed E-state index contributed by atoms with van der Waals surface area (Å²) in [6.45, 7) is 2.21. The molecule has 0 aromatic heterocycles. The van der Waals surface area contributed by atoms with Gasteiger partial charge in [-0.25, -0.2) is 0 Å². The van der Waals surface area contributed by atoms with Crippen LogP contribution in [0, 0.1) is 0 Å². The summed E-state index contributed by atoms with van der Waals surface area (Å²) in [6.07, 6.45) is 1.17. The van der Waals surface area contributed by atoms with E-state index in [1.165, 1.54) is 28.2 Å². The second kappa shape index (κ2) is 6.54. The van der Waals surface area contributed by atoms with Crippen LogP contribution in [-0.2, 0) is 0 Å². The Balaban J connectivity index is 1.81. The van der Waals surface area contributed by atoms with E-state index in [0.29, 0.717) is 6.04 Å². The summed E-state index contributed by atoms with van der Waals surface area (Å²) >= 11 is 1.96. The predicted octanol–water partition coefficient (Wildman–Crippen LogP) is 4.58. The molecule has 1 heterocycles. The first-order valence-electron chi connectivity index (χ1n) is 7.40. The maximum Gasteiger partial charge on any atom is 0.123 e. The topological polar surface area (TPSA) is 21.3 Å². The van der Waals surface area contributed by atoms with E-state index in [4.69, 9.17) is 4.74 Å². The van der Waals surface area contributed by atoms with Crippen LogP contribution in [0.15, 0.2) is 53.4 Å². The van der Waals surface area contributed by atoms with E-state index < -0.39 is 0 Å². The second-order valence-electron chi connectivity index (χ2n) is 5.36. The molecule has 2 aromatic carbocycles. The van der Waals surface area contributed by atoms with Gasteiger partial charge in [0.1, 0.15) is 5.75 Å². The highest BCUT2D eigenvalue weighted by molar-refractivity contribution is 7.99. The Morgan fingerprint density at radius 1 is 1.14 bits per heavy atom. The van der Waals surface area contributed by atoms with E-state index in [1.807, 2.05) is 23.9 Å². The minimum atomic E-state index is 0.266. The van der Waals surface area contributed by atoms with Crippen molar-refractivity contribution >= 4 is 11.8 Å². The number of nitrogens with one attached hydrogen (secondary N) is 1. The summed E-state index contributed by atoms with van der Waals surface area (Å²) in [6, 6.07) is 17.7. The van der Waals surface area contributed by atoms with Gasteiger partial charge in [0.25, 0.3) is 0 Å². The molecule has 0 saturated heterocycles. The highest BCUT2D eigenvalue weighted by Gasteiger charge is 2.22. The largest absolute Gasteiger partial charge is 0.496 e. The van der Waals surface area contributed by atoms with Crippen molar-refractivity contribution in [3.05, 3.63) is 59.7 Å². The van der Waals surface area contributed by atoms with Crippen LogP contribution in [0.1, 0.15) is 36.6 Å². The molecule has 0 fully saturated rings. The molecule has 0 amide bonds. The van der Waals surface area contributed by atoms with E-state index in [2.05, 4.69) is 48.6 Å². The molecule has 2 nitrogen and oxygen atoms in total. The van der Waals surface area contributed by atoms with Gasteiger partial charge in [-0.15, -0.1) is 11.8 Å². The van der Waals surface area contributed by atoms with E-state index in [1.54, 1.807) is 7.11 Å². The summed E-state index contributed by atoms with van der Waals surface area (Å²) in [5.41, 5.74) is 2.64. The highest BCUT2D eigenvalue weighted by atomic mass is 32.2. The molecule has 2 unspecified atom stereocenters. The molecule has 0 saturated carbocycles. The molecule has 0 aliphatic carbocycles. The molecular formula is C18H21NOS. The number of fused-ring (bicyclic) bond motifs is 1. The fourth-order valence-electron chi connectivity index (χ4n) is 2.93. The SMILES string of the molecule is COc1ccccc1C(C)NC1CCSc2ccccc21. The average molecular weight is 299 g/mol. The third-order valence-electron chi connectivity index (χ3n) is 4.02. The summed E-state index contributed by atoms with van der Waals surface area (Å²) in [5.74, 6) is 2.13. The van der Waals surface area contributed by atoms with Crippen molar-refractivity contribution in [3.63, 3.8) is 0 Å². The molecule has 3 rings (SSSR count). The first-order valence-corrected chi connectivity index (χ1v) is 8.39. The van der Waals surface area contributed by atoms with Gasteiger partial charge in [0.05, 0.1) is 7.11 Å². The quantitative estimate of drug-likeness (QED) is 0.892. The maximum absolute atomic E-state index is 5.48. The van der Waals surface area contributed by atoms with Gasteiger partial charge in [0.15, 0.2) is 0 Å². The number of methoxy groups -OCH3 is 1. The third kappa shape index (κ3) is 3.09. The summed E-state index contributed by atoms with van der Waals surface area (Å²) in [7, 11) is 1.73. The van der Waals surface area contributed by atoms with Gasteiger partial charge < -0.3 is 10.1 Å². The van der Waals surface area contributed by atoms with Crippen LogP contribution in [0.2, 0.25) is 0 Å². The van der Waals surface area contributed by atoms with Gasteiger partial charge in [-0.2, -0.15) is 0 Å². The Morgan fingerprint density at radius 3 is 2.76 bits per heavy atom. The molecule has 0 bridgehead atoms. The number of ether oxygens (including phenoxy) is 1. The number of benzene rings is 2. The lowest BCUT2D eigenvalue weighted by molar-refractivity contribution is 0.391. The van der Waals surface area contributed by atoms with Gasteiger partial charge in [-0.05, 0) is 36.8 Å². The zero-order valence-corrected chi connectivity index (χ0v) is 13.3. The Kier molecular flexibility index (Phi) is 4.51. The van der Waals surface area contributed by atoms with Crippen molar-refractivity contribution in [2.75, 3.05) is 12.9 Å². The Morgan fingerprint density at radius 2 is 1.90 bits per heavy atom. The van der Waals surface area contributed by atoms with Crippen molar-refractivity contribution in [3.8, 4) is 5.75 Å². The maximum atomic E-state index is 5.48. The van der Waals surface area contributed by atoms with Gasteiger partial charge in [0.2, 0.25) is 0 Å². The monoisotopic (exact) mass is 299 g/mol. The average Bonchev–Trinajstić information content (AvgIpc) is 2.55. The number of para-hydroxylation sites is 1. The molecule has 2 atom stereocenters. The summed E-state index contributed by atoms with van der Waals surface area (Å²) in [5, 5.41) is 3.77. The molecule has 21 heavy (non-hydrogen) atoms. The fourth-order valence-corrected chi connectivity index (χ4v) is 4.06. The van der Waals surface area contributed by atoms with E-state index in [0.717, 1.165) is 5.75 Å². The number of hydrogen-bond acceptors (Lipinski definition) is 3. The lowest BCUT2D eigenvalue weighted by Crippen LogP contribution is -2.27. The van der Waals surface area contributed by atoms with Crippen molar-refractivity contribution < 1.29 is 4.74 Å². The Bertz CT molecular complexity index is 614. The smallest absolute Gasteiger partial charge is 0.123 e. The minimum absolute atomic E-state index is 0.266. The lowest BCUT2D eigenvalue weighted by atomic mass is 10.0. The van der Waals surface area contributed by atoms with Crippen LogP contribution in [-0.4, -0.2) is 12.9 Å². The molecule has 2 aromatic rings. The third-order valence-corrected chi connectivity index (χ3v) is 5.14. The molecular weight excluding hydrogens is 278 g/mol. The normalized spacial score (nSPS) is 18.9.